The molecule has 1 atom stereocenters. The van der Waals surface area contributed by atoms with Crippen LogP contribution in [0, 0.1) is 0 Å². The Morgan fingerprint density at radius 1 is 1.26 bits per heavy atom. The van der Waals surface area contributed by atoms with Crippen LogP contribution >= 0.6 is 0 Å². The molecule has 31 heavy (non-hydrogen) atoms. The second kappa shape index (κ2) is 8.13. The van der Waals surface area contributed by atoms with Crippen molar-refractivity contribution >= 4 is 29.6 Å². The molecule has 3 heterocycles. The number of anilines is 1. The molecule has 2 aromatic rings. The van der Waals surface area contributed by atoms with E-state index in [1.54, 1.807) is 24.3 Å². The summed E-state index contributed by atoms with van der Waals surface area (Å²) in [7, 11) is 1.49. The number of nitrogens with one attached hydrogen (secondary N) is 2. The van der Waals surface area contributed by atoms with Crippen molar-refractivity contribution in [1.29, 1.82) is 0 Å². The summed E-state index contributed by atoms with van der Waals surface area (Å²) in [5.74, 6) is -1.05. The number of piperidine rings is 1. The summed E-state index contributed by atoms with van der Waals surface area (Å²) in [4.78, 5) is 58.9. The van der Waals surface area contributed by atoms with E-state index in [0.29, 0.717) is 29.0 Å². The first-order chi connectivity index (χ1) is 14.9. The number of fused-ring (bicyclic) bond motifs is 1. The molecule has 1 saturated heterocycles. The van der Waals surface area contributed by atoms with Crippen LogP contribution in [0.3, 0.4) is 0 Å². The highest BCUT2D eigenvalue weighted by atomic mass is 16.5. The van der Waals surface area contributed by atoms with Crippen molar-refractivity contribution < 1.29 is 23.9 Å². The van der Waals surface area contributed by atoms with E-state index in [2.05, 4.69) is 20.6 Å². The normalized spacial score (nSPS) is 17.9. The standard InChI is InChI=1S/C21H21N5O5/c1-3-13-9-17(31-2)24-21(22-13)25-18(28)11-4-5-14-12(8-11)10-26(20(14)30)15-6-7-16(27)23-19(15)29/h4-5,8-9,15H,3,6-7,10H2,1-2H3,(H,23,27,29)(H,22,24,25,28). The molecule has 0 bridgehead atoms. The van der Waals surface area contributed by atoms with E-state index in [9.17, 15) is 19.2 Å². The molecule has 0 saturated carbocycles. The Morgan fingerprint density at radius 2 is 2.06 bits per heavy atom. The zero-order valence-corrected chi connectivity index (χ0v) is 17.1. The number of ether oxygens (including phenoxy) is 1. The van der Waals surface area contributed by atoms with Crippen LogP contribution in [-0.4, -0.2) is 51.6 Å². The molecule has 0 spiro atoms. The lowest BCUT2D eigenvalue weighted by Gasteiger charge is -2.29. The first-order valence-corrected chi connectivity index (χ1v) is 9.90. The van der Waals surface area contributed by atoms with Gasteiger partial charge in [0.25, 0.3) is 11.8 Å². The van der Waals surface area contributed by atoms with Crippen molar-refractivity contribution in [2.24, 2.45) is 0 Å². The van der Waals surface area contributed by atoms with E-state index in [-0.39, 0.29) is 37.1 Å². The molecule has 160 valence electrons. The molecular formula is C21H21N5O5. The molecule has 4 rings (SSSR count). The van der Waals surface area contributed by atoms with Gasteiger partial charge in [0.05, 0.1) is 7.11 Å². The molecule has 0 aliphatic carbocycles. The number of aryl methyl sites for hydroxylation is 1. The highest BCUT2D eigenvalue weighted by molar-refractivity contribution is 6.07. The summed E-state index contributed by atoms with van der Waals surface area (Å²) in [6, 6.07) is 5.73. The summed E-state index contributed by atoms with van der Waals surface area (Å²) in [5.41, 5.74) is 2.14. The second-order valence-corrected chi connectivity index (χ2v) is 7.30. The minimum Gasteiger partial charge on any atom is -0.481 e. The number of imide groups is 1. The topological polar surface area (TPSA) is 131 Å². The molecular weight excluding hydrogens is 402 g/mol. The average Bonchev–Trinajstić information content (AvgIpc) is 3.09. The Morgan fingerprint density at radius 3 is 2.77 bits per heavy atom. The Labute approximate surface area is 178 Å². The van der Waals surface area contributed by atoms with Crippen LogP contribution in [0.15, 0.2) is 24.3 Å². The minimum atomic E-state index is -0.701. The predicted molar refractivity (Wildman–Crippen MR) is 108 cm³/mol. The van der Waals surface area contributed by atoms with E-state index in [1.807, 2.05) is 6.92 Å². The zero-order valence-electron chi connectivity index (χ0n) is 17.1. The van der Waals surface area contributed by atoms with Gasteiger partial charge in [-0.2, -0.15) is 4.98 Å². The van der Waals surface area contributed by atoms with Gasteiger partial charge in [-0.1, -0.05) is 6.92 Å². The number of rotatable bonds is 5. The minimum absolute atomic E-state index is 0.128. The number of nitrogens with zero attached hydrogens (tertiary/aromatic N) is 3. The number of methoxy groups -OCH3 is 1. The van der Waals surface area contributed by atoms with E-state index in [0.717, 1.165) is 5.69 Å². The summed E-state index contributed by atoms with van der Waals surface area (Å²) >= 11 is 0. The fourth-order valence-corrected chi connectivity index (χ4v) is 3.70. The van der Waals surface area contributed by atoms with Gasteiger partial charge in [0.1, 0.15) is 6.04 Å². The highest BCUT2D eigenvalue weighted by Gasteiger charge is 2.39. The highest BCUT2D eigenvalue weighted by Crippen LogP contribution is 2.28. The molecule has 2 aliphatic heterocycles. The van der Waals surface area contributed by atoms with Gasteiger partial charge in [-0.25, -0.2) is 4.98 Å². The van der Waals surface area contributed by atoms with Crippen LogP contribution in [0.1, 0.15) is 51.7 Å². The lowest BCUT2D eigenvalue weighted by Crippen LogP contribution is -2.52. The fraction of sp³-hybridized carbons (Fsp3) is 0.333. The van der Waals surface area contributed by atoms with Crippen LogP contribution in [0.5, 0.6) is 5.88 Å². The molecule has 0 radical (unpaired) electrons. The summed E-state index contributed by atoms with van der Waals surface area (Å²) in [5, 5.41) is 4.92. The quantitative estimate of drug-likeness (QED) is 0.688. The van der Waals surface area contributed by atoms with Crippen molar-refractivity contribution in [3.05, 3.63) is 46.6 Å². The Balaban J connectivity index is 1.52. The van der Waals surface area contributed by atoms with Gasteiger partial charge < -0.3 is 9.64 Å². The maximum absolute atomic E-state index is 12.8. The van der Waals surface area contributed by atoms with Crippen LogP contribution in [0.25, 0.3) is 0 Å². The van der Waals surface area contributed by atoms with Crippen LogP contribution in [0.4, 0.5) is 5.95 Å². The largest absolute Gasteiger partial charge is 0.481 e. The maximum atomic E-state index is 12.8. The monoisotopic (exact) mass is 423 g/mol. The Kier molecular flexibility index (Phi) is 5.37. The molecule has 2 aliphatic rings. The van der Waals surface area contributed by atoms with E-state index in [1.165, 1.54) is 12.0 Å². The smallest absolute Gasteiger partial charge is 0.258 e. The molecule has 1 unspecified atom stereocenters. The van der Waals surface area contributed by atoms with Crippen LogP contribution in [-0.2, 0) is 22.6 Å². The molecule has 2 N–H and O–H groups in total. The lowest BCUT2D eigenvalue weighted by atomic mass is 10.0. The van der Waals surface area contributed by atoms with Gasteiger partial charge in [0.2, 0.25) is 23.6 Å². The third-order valence-corrected chi connectivity index (χ3v) is 5.34. The summed E-state index contributed by atoms with van der Waals surface area (Å²) < 4.78 is 5.14. The van der Waals surface area contributed by atoms with Crippen LogP contribution in [0.2, 0.25) is 0 Å². The third-order valence-electron chi connectivity index (χ3n) is 5.34. The van der Waals surface area contributed by atoms with E-state index in [4.69, 9.17) is 4.74 Å². The number of carbonyl (C=O) groups excluding carboxylic acids is 4. The van der Waals surface area contributed by atoms with E-state index < -0.39 is 17.9 Å². The van der Waals surface area contributed by atoms with Crippen molar-refractivity contribution in [3.63, 3.8) is 0 Å². The first kappa shape index (κ1) is 20.5. The van der Waals surface area contributed by atoms with Gasteiger partial charge in [-0.3, -0.25) is 29.8 Å². The molecule has 1 fully saturated rings. The van der Waals surface area contributed by atoms with Gasteiger partial charge in [0, 0.05) is 35.9 Å². The molecule has 10 nitrogen and oxygen atoms in total. The number of carbonyl (C=O) groups is 4. The number of benzene rings is 1. The van der Waals surface area contributed by atoms with Gasteiger partial charge in [-0.05, 0) is 36.6 Å². The molecule has 1 aromatic heterocycles. The predicted octanol–water partition coefficient (Wildman–Crippen LogP) is 1.06. The van der Waals surface area contributed by atoms with Crippen molar-refractivity contribution in [1.82, 2.24) is 20.2 Å². The Bertz CT molecular complexity index is 1080. The number of hydrogen-bond donors (Lipinski definition) is 2. The first-order valence-electron chi connectivity index (χ1n) is 9.90. The van der Waals surface area contributed by atoms with Gasteiger partial charge in [-0.15, -0.1) is 0 Å². The van der Waals surface area contributed by atoms with Crippen molar-refractivity contribution in [3.8, 4) is 5.88 Å². The van der Waals surface area contributed by atoms with Crippen molar-refractivity contribution in [2.45, 2.75) is 38.8 Å². The molecule has 4 amide bonds. The zero-order chi connectivity index (χ0) is 22.1. The fourth-order valence-electron chi connectivity index (χ4n) is 3.70. The molecule has 10 heteroatoms. The summed E-state index contributed by atoms with van der Waals surface area (Å²) in [6.45, 7) is 2.12. The SMILES string of the molecule is CCc1cc(OC)nc(NC(=O)c2ccc3c(c2)CN(C2CCC(=O)NC2=O)C3=O)n1. The number of hydrogen-bond acceptors (Lipinski definition) is 7. The lowest BCUT2D eigenvalue weighted by molar-refractivity contribution is -0.136. The van der Waals surface area contributed by atoms with Crippen molar-refractivity contribution in [2.75, 3.05) is 12.4 Å². The van der Waals surface area contributed by atoms with E-state index >= 15 is 0 Å². The maximum Gasteiger partial charge on any atom is 0.258 e. The second-order valence-electron chi connectivity index (χ2n) is 7.30. The number of amides is 4. The average molecular weight is 423 g/mol. The third kappa shape index (κ3) is 3.96. The summed E-state index contributed by atoms with van der Waals surface area (Å²) in [6.07, 6.45) is 1.12. The van der Waals surface area contributed by atoms with Crippen LogP contribution < -0.4 is 15.4 Å². The van der Waals surface area contributed by atoms with Gasteiger partial charge >= 0.3 is 0 Å². The van der Waals surface area contributed by atoms with Gasteiger partial charge in [0.15, 0.2) is 0 Å². The molecule has 1 aromatic carbocycles. The Hall–Kier alpha value is -3.82. The number of aromatic nitrogens is 2.